The Balaban J connectivity index is 2.29. The minimum Gasteiger partial charge on any atom is -0.207 e. The first kappa shape index (κ1) is 9.21. The number of hydrogen-bond acceptors (Lipinski definition) is 1. The molecule has 0 N–H and O–H groups in total. The summed E-state index contributed by atoms with van der Waals surface area (Å²) in [6.07, 6.45) is 1.85. The lowest BCUT2D eigenvalue weighted by atomic mass is 9.70. The van der Waals surface area contributed by atoms with E-state index in [-0.39, 0.29) is 17.7 Å². The Morgan fingerprint density at radius 2 is 2.21 bits per heavy atom. The highest BCUT2D eigenvalue weighted by molar-refractivity contribution is 5.30. The van der Waals surface area contributed by atoms with Crippen LogP contribution in [0.4, 0.5) is 4.39 Å². The highest BCUT2D eigenvalue weighted by Gasteiger charge is 2.33. The van der Waals surface area contributed by atoms with Crippen molar-refractivity contribution in [3.63, 3.8) is 0 Å². The second kappa shape index (κ2) is 3.42. The Kier molecular flexibility index (Phi) is 2.25. The van der Waals surface area contributed by atoms with Gasteiger partial charge in [-0.05, 0) is 37.0 Å². The molecule has 0 aromatic heterocycles. The summed E-state index contributed by atoms with van der Waals surface area (Å²) >= 11 is 0. The molecule has 2 rings (SSSR count). The number of rotatable bonds is 1. The van der Waals surface area contributed by atoms with Crippen molar-refractivity contribution in [2.24, 2.45) is 5.92 Å². The van der Waals surface area contributed by atoms with Crippen molar-refractivity contribution in [1.29, 1.82) is 5.26 Å². The van der Waals surface area contributed by atoms with Gasteiger partial charge < -0.3 is 0 Å². The van der Waals surface area contributed by atoms with Gasteiger partial charge in [-0.2, -0.15) is 5.26 Å². The number of hydrogen-bond donors (Lipinski definition) is 0. The van der Waals surface area contributed by atoms with Gasteiger partial charge >= 0.3 is 0 Å². The zero-order chi connectivity index (χ0) is 10.1. The van der Waals surface area contributed by atoms with E-state index in [4.69, 9.17) is 5.26 Å². The van der Waals surface area contributed by atoms with Gasteiger partial charge in [0.05, 0.1) is 12.0 Å². The molecule has 1 aromatic carbocycles. The van der Waals surface area contributed by atoms with Gasteiger partial charge in [-0.25, -0.2) is 4.39 Å². The van der Waals surface area contributed by atoms with Crippen LogP contribution in [0.25, 0.3) is 0 Å². The van der Waals surface area contributed by atoms with E-state index in [9.17, 15) is 4.39 Å². The van der Waals surface area contributed by atoms with Crippen LogP contribution in [-0.4, -0.2) is 0 Å². The molecule has 2 heteroatoms. The molecule has 0 spiro atoms. The Bertz CT molecular complexity index is 392. The lowest BCUT2D eigenvalue weighted by molar-refractivity contribution is 0.316. The van der Waals surface area contributed by atoms with E-state index in [1.54, 1.807) is 6.07 Å². The summed E-state index contributed by atoms with van der Waals surface area (Å²) in [6.45, 7) is 1.87. The maximum Gasteiger partial charge on any atom is 0.126 e. The SMILES string of the molecule is Cc1ccc([C@H]2CC[C@H]2C#N)c(F)c1. The quantitative estimate of drug-likeness (QED) is 0.665. The van der Waals surface area contributed by atoms with Gasteiger partial charge in [-0.15, -0.1) is 0 Å². The Morgan fingerprint density at radius 1 is 1.43 bits per heavy atom. The number of nitriles is 1. The molecule has 0 saturated heterocycles. The largest absolute Gasteiger partial charge is 0.207 e. The minimum atomic E-state index is -0.157. The van der Waals surface area contributed by atoms with Crippen LogP contribution in [0.1, 0.15) is 29.9 Å². The van der Waals surface area contributed by atoms with E-state index in [0.717, 1.165) is 18.4 Å². The zero-order valence-corrected chi connectivity index (χ0v) is 8.13. The molecule has 0 unspecified atom stereocenters. The number of halogens is 1. The van der Waals surface area contributed by atoms with Crippen molar-refractivity contribution in [3.05, 3.63) is 35.1 Å². The second-order valence-corrected chi connectivity index (χ2v) is 3.94. The van der Waals surface area contributed by atoms with Crippen LogP contribution < -0.4 is 0 Å². The fraction of sp³-hybridized carbons (Fsp3) is 0.417. The normalized spacial score (nSPS) is 25.2. The molecule has 1 aliphatic rings. The minimum absolute atomic E-state index is 0.0206. The van der Waals surface area contributed by atoms with Gasteiger partial charge in [0.25, 0.3) is 0 Å². The molecule has 1 aromatic rings. The molecule has 2 atom stereocenters. The average molecular weight is 189 g/mol. The average Bonchev–Trinajstić information content (AvgIpc) is 2.08. The topological polar surface area (TPSA) is 23.8 Å². The van der Waals surface area contributed by atoms with Crippen LogP contribution in [0.15, 0.2) is 18.2 Å². The number of nitrogens with zero attached hydrogens (tertiary/aromatic N) is 1. The van der Waals surface area contributed by atoms with E-state index >= 15 is 0 Å². The van der Waals surface area contributed by atoms with Crippen LogP contribution in [0.5, 0.6) is 0 Å². The van der Waals surface area contributed by atoms with Crippen LogP contribution >= 0.6 is 0 Å². The summed E-state index contributed by atoms with van der Waals surface area (Å²) in [5.74, 6) is -0.0113. The monoisotopic (exact) mass is 189 g/mol. The van der Waals surface area contributed by atoms with Crippen molar-refractivity contribution in [2.45, 2.75) is 25.7 Å². The summed E-state index contributed by atoms with van der Waals surface area (Å²) in [4.78, 5) is 0. The standard InChI is InChI=1S/C12H12FN/c1-8-2-4-11(12(13)6-8)10-5-3-9(10)7-14/h2,4,6,9-10H,3,5H2,1H3/t9-,10-/m0/s1. The van der Waals surface area contributed by atoms with Crippen molar-refractivity contribution in [2.75, 3.05) is 0 Å². The summed E-state index contributed by atoms with van der Waals surface area (Å²) in [6, 6.07) is 7.50. The molecule has 0 heterocycles. The molecule has 14 heavy (non-hydrogen) atoms. The van der Waals surface area contributed by atoms with Gasteiger partial charge in [-0.1, -0.05) is 12.1 Å². The predicted molar refractivity (Wildman–Crippen MR) is 52.2 cm³/mol. The molecule has 1 saturated carbocycles. The lowest BCUT2D eigenvalue weighted by Crippen LogP contribution is -2.23. The third kappa shape index (κ3) is 1.39. The first-order chi connectivity index (χ1) is 6.72. The molecular formula is C12H12FN. The van der Waals surface area contributed by atoms with Gasteiger partial charge in [0.2, 0.25) is 0 Å². The molecular weight excluding hydrogens is 177 g/mol. The van der Waals surface area contributed by atoms with E-state index in [0.29, 0.717) is 5.56 Å². The summed E-state index contributed by atoms with van der Waals surface area (Å²) < 4.78 is 13.5. The van der Waals surface area contributed by atoms with E-state index < -0.39 is 0 Å². The highest BCUT2D eigenvalue weighted by Crippen LogP contribution is 2.42. The molecule has 1 nitrogen and oxygen atoms in total. The van der Waals surface area contributed by atoms with Gasteiger partial charge in [-0.3, -0.25) is 0 Å². The lowest BCUT2D eigenvalue weighted by Gasteiger charge is -2.32. The third-order valence-corrected chi connectivity index (χ3v) is 3.00. The highest BCUT2D eigenvalue weighted by atomic mass is 19.1. The Labute approximate surface area is 83.2 Å². The number of aryl methyl sites for hydroxylation is 1. The second-order valence-electron chi connectivity index (χ2n) is 3.94. The molecule has 1 aliphatic carbocycles. The summed E-state index contributed by atoms with van der Waals surface area (Å²) in [7, 11) is 0. The van der Waals surface area contributed by atoms with Crippen LogP contribution in [0.2, 0.25) is 0 Å². The maximum atomic E-state index is 13.5. The maximum absolute atomic E-state index is 13.5. The number of benzene rings is 1. The van der Waals surface area contributed by atoms with Crippen molar-refractivity contribution in [1.82, 2.24) is 0 Å². The third-order valence-electron chi connectivity index (χ3n) is 3.00. The first-order valence-electron chi connectivity index (χ1n) is 4.88. The first-order valence-corrected chi connectivity index (χ1v) is 4.88. The van der Waals surface area contributed by atoms with E-state index in [1.165, 1.54) is 0 Å². The molecule has 0 aliphatic heterocycles. The summed E-state index contributed by atoms with van der Waals surface area (Å²) in [5.41, 5.74) is 1.65. The van der Waals surface area contributed by atoms with Crippen molar-refractivity contribution < 1.29 is 4.39 Å². The fourth-order valence-electron chi connectivity index (χ4n) is 1.96. The van der Waals surface area contributed by atoms with Gasteiger partial charge in [0, 0.05) is 5.92 Å². The van der Waals surface area contributed by atoms with Crippen LogP contribution in [0.3, 0.4) is 0 Å². The Morgan fingerprint density at radius 3 is 2.71 bits per heavy atom. The molecule has 0 amide bonds. The molecule has 0 radical (unpaired) electrons. The summed E-state index contributed by atoms with van der Waals surface area (Å²) in [5, 5.41) is 8.79. The zero-order valence-electron chi connectivity index (χ0n) is 8.13. The fourth-order valence-corrected chi connectivity index (χ4v) is 1.96. The molecule has 0 bridgehead atoms. The van der Waals surface area contributed by atoms with Gasteiger partial charge in [0.1, 0.15) is 5.82 Å². The van der Waals surface area contributed by atoms with Crippen LogP contribution in [0, 0.1) is 30.0 Å². The molecule has 72 valence electrons. The van der Waals surface area contributed by atoms with E-state index in [2.05, 4.69) is 6.07 Å². The van der Waals surface area contributed by atoms with Crippen molar-refractivity contribution in [3.8, 4) is 6.07 Å². The van der Waals surface area contributed by atoms with E-state index in [1.807, 2.05) is 19.1 Å². The van der Waals surface area contributed by atoms with Gasteiger partial charge in [0.15, 0.2) is 0 Å². The predicted octanol–water partition coefficient (Wildman–Crippen LogP) is 3.15. The molecule has 1 fully saturated rings. The van der Waals surface area contributed by atoms with Crippen LogP contribution in [-0.2, 0) is 0 Å². The van der Waals surface area contributed by atoms with Crippen molar-refractivity contribution >= 4 is 0 Å². The Hall–Kier alpha value is -1.36. The smallest absolute Gasteiger partial charge is 0.126 e.